The van der Waals surface area contributed by atoms with Gasteiger partial charge in [-0.1, -0.05) is 0 Å². The minimum Gasteiger partial charge on any atom is -0.468 e. The van der Waals surface area contributed by atoms with E-state index in [1.54, 1.807) is 6.07 Å². The second-order valence-corrected chi connectivity index (χ2v) is 3.79. The summed E-state index contributed by atoms with van der Waals surface area (Å²) in [7, 11) is 3.56. The van der Waals surface area contributed by atoms with Crippen LogP contribution in [0.5, 0.6) is 0 Å². The average Bonchev–Trinajstić information content (AvgIpc) is 2.50. The fourth-order valence-corrected chi connectivity index (χ4v) is 1.64. The van der Waals surface area contributed by atoms with Crippen LogP contribution in [0.1, 0.15) is 16.1 Å². The second-order valence-electron chi connectivity index (χ2n) is 3.79. The van der Waals surface area contributed by atoms with E-state index in [4.69, 9.17) is 0 Å². The Morgan fingerprint density at radius 1 is 1.10 bits per heavy atom. The lowest BCUT2D eigenvalue weighted by Crippen LogP contribution is -2.29. The lowest BCUT2D eigenvalue weighted by molar-refractivity contribution is -0.158. The molecular weight excluding hydrogens is 266 g/mol. The highest BCUT2D eigenvalue weighted by molar-refractivity contribution is 5.96. The average molecular weight is 281 g/mol. The third kappa shape index (κ3) is 3.53. The molecule has 1 aromatic rings. The highest BCUT2D eigenvalue weighted by Crippen LogP contribution is 2.15. The van der Waals surface area contributed by atoms with Gasteiger partial charge >= 0.3 is 17.9 Å². The van der Waals surface area contributed by atoms with Crippen LogP contribution in [0.3, 0.4) is 0 Å². The number of aromatic nitrogens is 1. The minimum absolute atomic E-state index is 0.107. The number of ether oxygens (including phenoxy) is 3. The second kappa shape index (κ2) is 7.22. The van der Waals surface area contributed by atoms with Crippen molar-refractivity contribution in [2.24, 2.45) is 5.92 Å². The minimum atomic E-state index is -1.18. The van der Waals surface area contributed by atoms with Crippen LogP contribution < -0.4 is 0 Å². The molecule has 0 amide bonds. The van der Waals surface area contributed by atoms with Crippen molar-refractivity contribution in [3.63, 3.8) is 0 Å². The van der Waals surface area contributed by atoms with Gasteiger partial charge in [0.05, 0.1) is 32.6 Å². The molecule has 1 aromatic heterocycles. The van der Waals surface area contributed by atoms with Gasteiger partial charge in [0, 0.05) is 12.6 Å². The maximum absolute atomic E-state index is 11.6. The zero-order valence-corrected chi connectivity index (χ0v) is 11.4. The van der Waals surface area contributed by atoms with Crippen molar-refractivity contribution in [3.8, 4) is 0 Å². The van der Waals surface area contributed by atoms with Gasteiger partial charge in [0.25, 0.3) is 0 Å². The fraction of sp³-hybridized carbons (Fsp3) is 0.385. The maximum Gasteiger partial charge on any atom is 0.339 e. The van der Waals surface area contributed by atoms with Gasteiger partial charge in [0.15, 0.2) is 5.92 Å². The number of carbonyl (C=O) groups excluding carboxylic acids is 3. The summed E-state index contributed by atoms with van der Waals surface area (Å²) in [5.41, 5.74) is 0.452. The lowest BCUT2D eigenvalue weighted by Gasteiger charge is -2.13. The van der Waals surface area contributed by atoms with E-state index in [0.29, 0.717) is 0 Å². The Balaban J connectivity index is 3.08. The third-order valence-corrected chi connectivity index (χ3v) is 2.66. The molecule has 0 aliphatic rings. The van der Waals surface area contributed by atoms with Gasteiger partial charge in [0.1, 0.15) is 0 Å². The standard InChI is InChI=1S/C13H15NO6/c1-18-11(15)8-5-4-6-14-10(8)7-9(12(16)19-2)13(17)20-3/h4-6,9H,7H2,1-3H3. The fourth-order valence-electron chi connectivity index (χ4n) is 1.64. The van der Waals surface area contributed by atoms with Crippen molar-refractivity contribution in [1.82, 2.24) is 4.98 Å². The van der Waals surface area contributed by atoms with Crippen molar-refractivity contribution in [1.29, 1.82) is 0 Å². The Bertz CT molecular complexity index is 497. The van der Waals surface area contributed by atoms with Crippen LogP contribution in [0.25, 0.3) is 0 Å². The molecule has 7 heteroatoms. The highest BCUT2D eigenvalue weighted by Gasteiger charge is 2.31. The number of rotatable bonds is 5. The van der Waals surface area contributed by atoms with Crippen LogP contribution in [0.2, 0.25) is 0 Å². The maximum atomic E-state index is 11.6. The van der Waals surface area contributed by atoms with Crippen LogP contribution in [-0.4, -0.2) is 44.2 Å². The van der Waals surface area contributed by atoms with Crippen molar-refractivity contribution in [2.45, 2.75) is 6.42 Å². The predicted molar refractivity (Wildman–Crippen MR) is 66.8 cm³/mol. The molecule has 0 bridgehead atoms. The smallest absolute Gasteiger partial charge is 0.339 e. The number of hydrogen-bond donors (Lipinski definition) is 0. The quantitative estimate of drug-likeness (QED) is 0.437. The van der Waals surface area contributed by atoms with Gasteiger partial charge in [-0.3, -0.25) is 14.6 Å². The molecule has 1 heterocycles. The highest BCUT2D eigenvalue weighted by atomic mass is 16.5. The predicted octanol–water partition coefficient (Wildman–Crippen LogP) is 0.373. The van der Waals surface area contributed by atoms with E-state index in [1.807, 2.05) is 0 Å². The first-order valence-electron chi connectivity index (χ1n) is 5.73. The van der Waals surface area contributed by atoms with Crippen LogP contribution in [-0.2, 0) is 30.2 Å². The zero-order chi connectivity index (χ0) is 15.1. The summed E-state index contributed by atoms with van der Waals surface area (Å²) in [5, 5.41) is 0. The first kappa shape index (κ1) is 15.6. The third-order valence-electron chi connectivity index (χ3n) is 2.66. The summed E-state index contributed by atoms with van der Waals surface area (Å²) in [5.74, 6) is -3.28. The molecule has 0 fully saturated rings. The number of carbonyl (C=O) groups is 3. The van der Waals surface area contributed by atoms with Crippen molar-refractivity contribution < 1.29 is 28.6 Å². The number of methoxy groups -OCH3 is 3. The Kier molecular flexibility index (Phi) is 5.64. The number of hydrogen-bond acceptors (Lipinski definition) is 7. The van der Waals surface area contributed by atoms with Crippen molar-refractivity contribution in [2.75, 3.05) is 21.3 Å². The van der Waals surface area contributed by atoms with Crippen LogP contribution >= 0.6 is 0 Å². The normalized spacial score (nSPS) is 10.0. The summed E-state index contributed by atoms with van der Waals surface area (Å²) in [6, 6.07) is 3.06. The molecule has 0 saturated heterocycles. The van der Waals surface area contributed by atoms with Crippen molar-refractivity contribution in [3.05, 3.63) is 29.6 Å². The van der Waals surface area contributed by atoms with E-state index >= 15 is 0 Å². The van der Waals surface area contributed by atoms with E-state index in [2.05, 4.69) is 19.2 Å². The SMILES string of the molecule is COC(=O)c1cccnc1CC(C(=O)OC)C(=O)OC. The molecule has 0 aromatic carbocycles. The molecule has 0 radical (unpaired) electrons. The first-order chi connectivity index (χ1) is 9.54. The molecule has 20 heavy (non-hydrogen) atoms. The summed E-state index contributed by atoms with van der Waals surface area (Å²) < 4.78 is 13.7. The molecule has 0 aliphatic carbocycles. The van der Waals surface area contributed by atoms with Gasteiger partial charge in [-0.25, -0.2) is 4.79 Å². The Morgan fingerprint density at radius 3 is 2.20 bits per heavy atom. The van der Waals surface area contributed by atoms with Gasteiger partial charge in [-0.05, 0) is 12.1 Å². The summed E-state index contributed by atoms with van der Waals surface area (Å²) in [6.45, 7) is 0. The van der Waals surface area contributed by atoms with Gasteiger partial charge in [0.2, 0.25) is 0 Å². The molecule has 0 spiro atoms. The first-order valence-corrected chi connectivity index (χ1v) is 5.73. The molecule has 108 valence electrons. The summed E-state index contributed by atoms with van der Waals surface area (Å²) in [6.07, 6.45) is 1.35. The van der Waals surface area contributed by atoms with E-state index < -0.39 is 23.8 Å². The summed E-state index contributed by atoms with van der Waals surface area (Å²) >= 11 is 0. The Morgan fingerprint density at radius 2 is 1.70 bits per heavy atom. The molecule has 1 rings (SSSR count). The van der Waals surface area contributed by atoms with Gasteiger partial charge in [-0.2, -0.15) is 0 Å². The Hall–Kier alpha value is -2.44. The van der Waals surface area contributed by atoms with Crippen LogP contribution in [0, 0.1) is 5.92 Å². The zero-order valence-electron chi connectivity index (χ0n) is 11.4. The van der Waals surface area contributed by atoms with E-state index in [0.717, 1.165) is 14.2 Å². The monoisotopic (exact) mass is 281 g/mol. The van der Waals surface area contributed by atoms with E-state index in [-0.39, 0.29) is 17.7 Å². The molecule has 0 aliphatic heterocycles. The van der Waals surface area contributed by atoms with E-state index in [9.17, 15) is 14.4 Å². The number of esters is 3. The molecule has 0 unspecified atom stereocenters. The van der Waals surface area contributed by atoms with Crippen LogP contribution in [0.4, 0.5) is 0 Å². The largest absolute Gasteiger partial charge is 0.468 e. The Labute approximate surface area is 115 Å². The number of nitrogens with zero attached hydrogens (tertiary/aromatic N) is 1. The molecular formula is C13H15NO6. The topological polar surface area (TPSA) is 91.8 Å². The molecule has 0 saturated carbocycles. The van der Waals surface area contributed by atoms with E-state index in [1.165, 1.54) is 19.4 Å². The van der Waals surface area contributed by atoms with Crippen molar-refractivity contribution >= 4 is 17.9 Å². The van der Waals surface area contributed by atoms with Gasteiger partial charge in [-0.15, -0.1) is 0 Å². The van der Waals surface area contributed by atoms with Gasteiger partial charge < -0.3 is 14.2 Å². The molecule has 0 atom stereocenters. The lowest BCUT2D eigenvalue weighted by atomic mass is 10.00. The summed E-state index contributed by atoms with van der Waals surface area (Å²) in [4.78, 5) is 38.8. The van der Waals surface area contributed by atoms with Crippen LogP contribution in [0.15, 0.2) is 18.3 Å². The number of pyridine rings is 1. The molecule has 7 nitrogen and oxygen atoms in total. The molecule has 0 N–H and O–H groups in total.